The maximum atomic E-state index is 11.9. The minimum absolute atomic E-state index is 0.128. The van der Waals surface area contributed by atoms with Gasteiger partial charge in [0.25, 0.3) is 0 Å². The molecule has 2 rings (SSSR count). The molecule has 1 N–H and O–H groups in total. The largest absolute Gasteiger partial charge is 0.492 e. The Kier molecular flexibility index (Phi) is 7.82. The molecule has 1 aromatic carbocycles. The molecule has 0 saturated carbocycles. The van der Waals surface area contributed by atoms with E-state index < -0.39 is 0 Å². The van der Waals surface area contributed by atoms with Crippen molar-refractivity contribution < 1.29 is 9.53 Å². The van der Waals surface area contributed by atoms with Gasteiger partial charge in [0.05, 0.1) is 6.54 Å². The van der Waals surface area contributed by atoms with E-state index in [9.17, 15) is 4.79 Å². The summed E-state index contributed by atoms with van der Waals surface area (Å²) in [7, 11) is 0. The Bertz CT molecular complexity index is 499. The maximum Gasteiger partial charge on any atom is 0.234 e. The lowest BCUT2D eigenvalue weighted by Gasteiger charge is -2.34. The second-order valence-corrected chi connectivity index (χ2v) is 7.05. The maximum absolute atomic E-state index is 11.9. The molecule has 5 nitrogen and oxygen atoms in total. The van der Waals surface area contributed by atoms with Gasteiger partial charge in [-0.25, -0.2) is 0 Å². The Hall–Kier alpha value is -1.30. The van der Waals surface area contributed by atoms with Crippen LogP contribution >= 0.6 is 11.6 Å². The first-order valence-corrected chi connectivity index (χ1v) is 9.00. The Balaban J connectivity index is 1.59. The lowest BCUT2D eigenvalue weighted by atomic mass is 10.2. The quantitative estimate of drug-likeness (QED) is 0.777. The molecule has 1 aliphatic rings. The monoisotopic (exact) mass is 353 g/mol. The van der Waals surface area contributed by atoms with Gasteiger partial charge in [-0.3, -0.25) is 14.6 Å². The van der Waals surface area contributed by atoms with Crippen LogP contribution in [0.25, 0.3) is 0 Å². The summed E-state index contributed by atoms with van der Waals surface area (Å²) in [4.78, 5) is 16.4. The number of nitrogens with one attached hydrogen (secondary N) is 1. The van der Waals surface area contributed by atoms with Crippen molar-refractivity contribution in [3.05, 3.63) is 29.3 Å². The topological polar surface area (TPSA) is 44.8 Å². The van der Waals surface area contributed by atoms with Gasteiger partial charge < -0.3 is 10.1 Å². The number of carbonyl (C=O) groups excluding carboxylic acids is 1. The lowest BCUT2D eigenvalue weighted by Crippen LogP contribution is -2.50. The van der Waals surface area contributed by atoms with Crippen LogP contribution in [0.1, 0.15) is 13.8 Å². The minimum Gasteiger partial charge on any atom is -0.492 e. The summed E-state index contributed by atoms with van der Waals surface area (Å²) in [5, 5.41) is 3.69. The zero-order valence-electron chi connectivity index (χ0n) is 14.6. The van der Waals surface area contributed by atoms with Crippen LogP contribution in [-0.2, 0) is 4.79 Å². The van der Waals surface area contributed by atoms with E-state index in [1.165, 1.54) is 0 Å². The summed E-state index contributed by atoms with van der Waals surface area (Å²) in [6, 6.07) is 7.44. The van der Waals surface area contributed by atoms with Gasteiger partial charge >= 0.3 is 0 Å². The Morgan fingerprint density at radius 1 is 1.17 bits per heavy atom. The van der Waals surface area contributed by atoms with E-state index in [-0.39, 0.29) is 5.91 Å². The summed E-state index contributed by atoms with van der Waals surface area (Å²) in [5.74, 6) is 1.47. The molecule has 1 saturated heterocycles. The molecular weight excluding hydrogens is 326 g/mol. The highest BCUT2D eigenvalue weighted by atomic mass is 35.5. The number of rotatable bonds is 8. The molecule has 24 heavy (non-hydrogen) atoms. The molecule has 1 aliphatic heterocycles. The highest BCUT2D eigenvalue weighted by molar-refractivity contribution is 6.30. The predicted molar refractivity (Wildman–Crippen MR) is 97.7 cm³/mol. The van der Waals surface area contributed by atoms with Gasteiger partial charge in [0, 0.05) is 44.3 Å². The molecule has 0 atom stereocenters. The smallest absolute Gasteiger partial charge is 0.234 e. The fourth-order valence-electron chi connectivity index (χ4n) is 2.57. The average molecular weight is 354 g/mol. The van der Waals surface area contributed by atoms with Crippen LogP contribution in [0.4, 0.5) is 0 Å². The van der Waals surface area contributed by atoms with Gasteiger partial charge in [-0.2, -0.15) is 0 Å². The van der Waals surface area contributed by atoms with E-state index in [0.29, 0.717) is 19.1 Å². The highest BCUT2D eigenvalue weighted by Crippen LogP contribution is 2.15. The molecule has 1 heterocycles. The van der Waals surface area contributed by atoms with Crippen LogP contribution in [0.5, 0.6) is 5.75 Å². The third kappa shape index (κ3) is 7.07. The van der Waals surface area contributed by atoms with Crippen LogP contribution in [0.15, 0.2) is 24.3 Å². The van der Waals surface area contributed by atoms with Gasteiger partial charge in [0.15, 0.2) is 0 Å². The van der Waals surface area contributed by atoms with Gasteiger partial charge in [-0.05, 0) is 30.2 Å². The fourth-order valence-corrected chi connectivity index (χ4v) is 2.70. The number of benzene rings is 1. The van der Waals surface area contributed by atoms with Crippen LogP contribution in [0.2, 0.25) is 5.02 Å². The van der Waals surface area contributed by atoms with E-state index in [0.717, 1.165) is 50.0 Å². The van der Waals surface area contributed by atoms with Crippen molar-refractivity contribution in [3.8, 4) is 5.75 Å². The Morgan fingerprint density at radius 2 is 1.79 bits per heavy atom. The molecule has 1 fully saturated rings. The Morgan fingerprint density at radius 3 is 2.42 bits per heavy atom. The summed E-state index contributed by atoms with van der Waals surface area (Å²) in [6.45, 7) is 10.8. The van der Waals surface area contributed by atoms with Crippen molar-refractivity contribution in [2.45, 2.75) is 13.8 Å². The van der Waals surface area contributed by atoms with E-state index >= 15 is 0 Å². The zero-order chi connectivity index (χ0) is 17.4. The van der Waals surface area contributed by atoms with E-state index in [4.69, 9.17) is 16.3 Å². The van der Waals surface area contributed by atoms with Gasteiger partial charge in [-0.1, -0.05) is 25.4 Å². The molecule has 6 heteroatoms. The number of hydrogen-bond donors (Lipinski definition) is 1. The predicted octanol–water partition coefficient (Wildman–Crippen LogP) is 2.11. The summed E-state index contributed by atoms with van der Waals surface area (Å²) in [6.07, 6.45) is 0. The molecular formula is C18H28ClN3O2. The van der Waals surface area contributed by atoms with Crippen molar-refractivity contribution in [2.75, 3.05) is 52.4 Å². The Labute approximate surface area is 149 Å². The summed E-state index contributed by atoms with van der Waals surface area (Å²) in [5.41, 5.74) is 0. The van der Waals surface area contributed by atoms with Gasteiger partial charge in [0.2, 0.25) is 5.91 Å². The lowest BCUT2D eigenvalue weighted by molar-refractivity contribution is -0.122. The van der Waals surface area contributed by atoms with Crippen LogP contribution in [-0.4, -0.2) is 68.1 Å². The van der Waals surface area contributed by atoms with Gasteiger partial charge in [0.1, 0.15) is 12.4 Å². The molecule has 1 aromatic rings. The number of halogens is 1. The first-order valence-electron chi connectivity index (χ1n) is 8.62. The van der Waals surface area contributed by atoms with E-state index in [1.54, 1.807) is 0 Å². The SMILES string of the molecule is CC(C)CNC(=O)CN1CCN(CCOc2ccc(Cl)cc2)CC1. The first kappa shape index (κ1) is 19.0. The molecule has 0 aliphatic carbocycles. The van der Waals surface area contributed by atoms with E-state index in [2.05, 4.69) is 29.0 Å². The third-order valence-electron chi connectivity index (χ3n) is 4.03. The molecule has 0 radical (unpaired) electrons. The first-order chi connectivity index (χ1) is 11.5. The van der Waals surface area contributed by atoms with Crippen molar-refractivity contribution in [3.63, 3.8) is 0 Å². The number of piperazine rings is 1. The van der Waals surface area contributed by atoms with Crippen LogP contribution in [0, 0.1) is 5.92 Å². The average Bonchev–Trinajstić information content (AvgIpc) is 2.56. The number of ether oxygens (including phenoxy) is 1. The van der Waals surface area contributed by atoms with Crippen LogP contribution in [0.3, 0.4) is 0 Å². The van der Waals surface area contributed by atoms with E-state index in [1.807, 2.05) is 24.3 Å². The fraction of sp³-hybridized carbons (Fsp3) is 0.611. The van der Waals surface area contributed by atoms with Crippen molar-refractivity contribution >= 4 is 17.5 Å². The standard InChI is InChI=1S/C18H28ClN3O2/c1-15(2)13-20-18(23)14-22-9-7-21(8-10-22)11-12-24-17-5-3-16(19)4-6-17/h3-6,15H,7-14H2,1-2H3,(H,20,23). The third-order valence-corrected chi connectivity index (χ3v) is 4.28. The molecule has 0 bridgehead atoms. The molecule has 134 valence electrons. The molecule has 0 unspecified atom stereocenters. The summed E-state index contributed by atoms with van der Waals surface area (Å²) >= 11 is 5.86. The zero-order valence-corrected chi connectivity index (χ0v) is 15.4. The summed E-state index contributed by atoms with van der Waals surface area (Å²) < 4.78 is 5.73. The minimum atomic E-state index is 0.128. The highest BCUT2D eigenvalue weighted by Gasteiger charge is 2.18. The number of hydrogen-bond acceptors (Lipinski definition) is 4. The molecule has 0 spiro atoms. The van der Waals surface area contributed by atoms with Crippen molar-refractivity contribution in [1.29, 1.82) is 0 Å². The second-order valence-electron chi connectivity index (χ2n) is 6.62. The van der Waals surface area contributed by atoms with Crippen molar-refractivity contribution in [1.82, 2.24) is 15.1 Å². The normalized spacial score (nSPS) is 16.3. The van der Waals surface area contributed by atoms with Crippen molar-refractivity contribution in [2.24, 2.45) is 5.92 Å². The van der Waals surface area contributed by atoms with Crippen LogP contribution < -0.4 is 10.1 Å². The number of nitrogens with zero attached hydrogens (tertiary/aromatic N) is 2. The number of carbonyl (C=O) groups is 1. The van der Waals surface area contributed by atoms with Gasteiger partial charge in [-0.15, -0.1) is 0 Å². The molecule has 0 aromatic heterocycles. The number of amides is 1. The molecule has 1 amide bonds. The second kappa shape index (κ2) is 9.87.